The van der Waals surface area contributed by atoms with E-state index >= 15 is 0 Å². The summed E-state index contributed by atoms with van der Waals surface area (Å²) in [5.74, 6) is -6.45. The Kier molecular flexibility index (Phi) is 7.52. The highest BCUT2D eigenvalue weighted by Gasteiger charge is 2.73. The highest BCUT2D eigenvalue weighted by Crippen LogP contribution is 2.45. The van der Waals surface area contributed by atoms with Crippen LogP contribution >= 0.6 is 39.1 Å². The first-order valence-corrected chi connectivity index (χ1v) is 9.28. The van der Waals surface area contributed by atoms with Crippen molar-refractivity contribution in [3.8, 4) is 5.75 Å². The van der Waals surface area contributed by atoms with Gasteiger partial charge in [0.05, 0.1) is 11.2 Å². The average Bonchev–Trinajstić information content (AvgIpc) is 2.61. The summed E-state index contributed by atoms with van der Waals surface area (Å²) in [5.41, 5.74) is 1.08. The lowest BCUT2D eigenvalue weighted by molar-refractivity contribution is -0.361. The molecule has 2 aromatic rings. The second-order valence-corrected chi connectivity index (χ2v) is 7.50. The van der Waals surface area contributed by atoms with E-state index in [1.54, 1.807) is 24.3 Å². The maximum atomic E-state index is 13.3. The third-order valence-electron chi connectivity index (χ3n) is 3.49. The van der Waals surface area contributed by atoms with Gasteiger partial charge in [-0.15, -0.1) is 0 Å². The summed E-state index contributed by atoms with van der Waals surface area (Å²) >= 11 is 15.1. The van der Waals surface area contributed by atoms with E-state index in [0.717, 1.165) is 10.5 Å². The van der Waals surface area contributed by atoms with Gasteiger partial charge in [0.1, 0.15) is 12.4 Å². The van der Waals surface area contributed by atoms with Gasteiger partial charge in [0.25, 0.3) is 0 Å². The highest BCUT2D eigenvalue weighted by atomic mass is 79.9. The molecule has 0 aliphatic rings. The van der Waals surface area contributed by atoms with Crippen molar-refractivity contribution in [3.63, 3.8) is 0 Å². The fourth-order valence-corrected chi connectivity index (χ4v) is 2.82. The standard InChI is InChI=1S/C17H10BrCl2F7N2O/c18-11-3-1-9(2-4-11)8-30-14-10(5-12(19)6-13(14)20)7-28-29-17(26,27)15(21,22)16(23,24)25/h1-7,29H,8H2/b28-7-. The van der Waals surface area contributed by atoms with Crippen molar-refractivity contribution in [2.75, 3.05) is 0 Å². The van der Waals surface area contributed by atoms with E-state index in [9.17, 15) is 30.7 Å². The Balaban J connectivity index is 2.23. The van der Waals surface area contributed by atoms with E-state index in [0.29, 0.717) is 17.2 Å². The molecule has 2 rings (SSSR count). The average molecular weight is 542 g/mol. The van der Waals surface area contributed by atoms with Gasteiger partial charge in [-0.1, -0.05) is 51.3 Å². The Morgan fingerprint density at radius 1 is 1.00 bits per heavy atom. The number of ether oxygens (including phenoxy) is 1. The molecule has 3 nitrogen and oxygen atoms in total. The molecule has 0 saturated heterocycles. The van der Waals surface area contributed by atoms with Crippen LogP contribution in [0, 0.1) is 0 Å². The van der Waals surface area contributed by atoms with E-state index in [4.69, 9.17) is 27.9 Å². The van der Waals surface area contributed by atoms with Crippen LogP contribution in [0.5, 0.6) is 5.75 Å². The van der Waals surface area contributed by atoms with Crippen molar-refractivity contribution in [1.29, 1.82) is 0 Å². The summed E-state index contributed by atoms with van der Waals surface area (Å²) in [5, 5.41) is 2.75. The first-order chi connectivity index (χ1) is 13.7. The van der Waals surface area contributed by atoms with Gasteiger partial charge in [-0.25, -0.2) is 5.43 Å². The smallest absolute Gasteiger partial charge is 0.462 e. The maximum absolute atomic E-state index is 13.3. The number of benzene rings is 2. The number of hydrogen-bond acceptors (Lipinski definition) is 3. The molecule has 0 radical (unpaired) electrons. The van der Waals surface area contributed by atoms with Crippen molar-refractivity contribution >= 4 is 45.3 Å². The van der Waals surface area contributed by atoms with Gasteiger partial charge in [0.2, 0.25) is 0 Å². The van der Waals surface area contributed by atoms with Crippen molar-refractivity contribution in [1.82, 2.24) is 5.43 Å². The monoisotopic (exact) mass is 540 g/mol. The zero-order valence-corrected chi connectivity index (χ0v) is 17.5. The summed E-state index contributed by atoms with van der Waals surface area (Å²) in [7, 11) is 0. The number of rotatable bonds is 7. The third kappa shape index (κ3) is 5.70. The van der Waals surface area contributed by atoms with Crippen LogP contribution in [0.3, 0.4) is 0 Å². The lowest BCUT2D eigenvalue weighted by atomic mass is 10.2. The summed E-state index contributed by atoms with van der Waals surface area (Å²) in [6, 6.07) is 3.59. The van der Waals surface area contributed by atoms with Crippen molar-refractivity contribution < 1.29 is 35.5 Å². The van der Waals surface area contributed by atoms with Crippen LogP contribution in [0.1, 0.15) is 11.1 Å². The lowest BCUT2D eigenvalue weighted by Crippen LogP contribution is -2.58. The molecule has 0 heterocycles. The number of alkyl halides is 7. The van der Waals surface area contributed by atoms with Crippen LogP contribution in [0.15, 0.2) is 46.0 Å². The molecule has 0 atom stereocenters. The van der Waals surface area contributed by atoms with Crippen molar-refractivity contribution in [2.45, 2.75) is 24.8 Å². The first-order valence-electron chi connectivity index (χ1n) is 7.73. The van der Waals surface area contributed by atoms with Gasteiger partial charge in [0, 0.05) is 15.1 Å². The van der Waals surface area contributed by atoms with Crippen LogP contribution in [0.4, 0.5) is 30.7 Å². The first kappa shape index (κ1) is 24.5. The summed E-state index contributed by atoms with van der Waals surface area (Å²) < 4.78 is 95.1. The van der Waals surface area contributed by atoms with Crippen LogP contribution in [0.25, 0.3) is 0 Å². The topological polar surface area (TPSA) is 33.6 Å². The van der Waals surface area contributed by atoms with E-state index < -0.39 is 18.1 Å². The quantitative estimate of drug-likeness (QED) is 0.176. The predicted octanol–water partition coefficient (Wildman–Crippen LogP) is 7.05. The fraction of sp³-hybridized carbons (Fsp3) is 0.235. The number of halogens is 10. The summed E-state index contributed by atoms with van der Waals surface area (Å²) in [6.45, 7) is -0.0226. The predicted molar refractivity (Wildman–Crippen MR) is 102 cm³/mol. The molecular formula is C17H10BrCl2F7N2O. The van der Waals surface area contributed by atoms with E-state index in [2.05, 4.69) is 21.0 Å². The lowest BCUT2D eigenvalue weighted by Gasteiger charge is -2.27. The number of nitrogens with zero attached hydrogens (tertiary/aromatic N) is 1. The van der Waals surface area contributed by atoms with Gasteiger partial charge in [0.15, 0.2) is 0 Å². The minimum Gasteiger partial charge on any atom is -0.487 e. The zero-order valence-electron chi connectivity index (χ0n) is 14.4. The molecule has 0 amide bonds. The van der Waals surface area contributed by atoms with Gasteiger partial charge >= 0.3 is 18.1 Å². The van der Waals surface area contributed by atoms with Crippen LogP contribution in [0.2, 0.25) is 10.0 Å². The van der Waals surface area contributed by atoms with E-state index in [1.807, 2.05) is 0 Å². The molecule has 0 aromatic heterocycles. The van der Waals surface area contributed by atoms with Crippen molar-refractivity contribution in [3.05, 3.63) is 62.0 Å². The normalized spacial score (nSPS) is 13.0. The van der Waals surface area contributed by atoms with Crippen LogP contribution < -0.4 is 10.2 Å². The Hall–Kier alpha value is -1.72. The molecule has 1 N–H and O–H groups in total. The van der Waals surface area contributed by atoms with E-state index in [1.165, 1.54) is 6.07 Å². The maximum Gasteiger partial charge on any atom is 0.462 e. The zero-order chi connectivity index (χ0) is 22.7. The van der Waals surface area contributed by atoms with Gasteiger partial charge < -0.3 is 4.74 Å². The van der Waals surface area contributed by atoms with Gasteiger partial charge in [-0.3, -0.25) is 0 Å². The summed E-state index contributed by atoms with van der Waals surface area (Å²) in [6.07, 6.45) is -5.95. The molecule has 0 spiro atoms. The third-order valence-corrected chi connectivity index (χ3v) is 4.52. The van der Waals surface area contributed by atoms with E-state index in [-0.39, 0.29) is 28.0 Å². The molecule has 164 valence electrons. The van der Waals surface area contributed by atoms with Gasteiger partial charge in [-0.05, 0) is 29.8 Å². The minimum atomic E-state index is -6.49. The molecule has 0 unspecified atom stereocenters. The molecule has 0 bridgehead atoms. The second kappa shape index (κ2) is 9.19. The molecule has 0 fully saturated rings. The number of hydrazone groups is 1. The highest BCUT2D eigenvalue weighted by molar-refractivity contribution is 9.10. The Bertz CT molecular complexity index is 922. The Morgan fingerprint density at radius 3 is 2.17 bits per heavy atom. The molecule has 13 heteroatoms. The minimum absolute atomic E-state index is 0.0184. The largest absolute Gasteiger partial charge is 0.487 e. The van der Waals surface area contributed by atoms with Crippen molar-refractivity contribution in [2.24, 2.45) is 5.10 Å². The van der Waals surface area contributed by atoms with Crippen LogP contribution in [-0.4, -0.2) is 24.4 Å². The number of nitrogens with one attached hydrogen (secondary N) is 1. The summed E-state index contributed by atoms with van der Waals surface area (Å²) in [4.78, 5) is 0. The number of hydrogen-bond donors (Lipinski definition) is 1. The molecule has 2 aromatic carbocycles. The molecular weight excluding hydrogens is 532 g/mol. The second-order valence-electron chi connectivity index (χ2n) is 5.74. The molecule has 0 saturated carbocycles. The molecule has 0 aliphatic heterocycles. The fourth-order valence-electron chi connectivity index (χ4n) is 2.00. The Labute approximate surface area is 183 Å². The van der Waals surface area contributed by atoms with Gasteiger partial charge in [-0.2, -0.15) is 35.8 Å². The molecule has 0 aliphatic carbocycles. The Morgan fingerprint density at radius 2 is 1.60 bits per heavy atom. The molecule has 30 heavy (non-hydrogen) atoms. The van der Waals surface area contributed by atoms with Crippen LogP contribution in [-0.2, 0) is 6.61 Å². The SMILES string of the molecule is FC(F)(F)C(F)(F)C(F)(F)N/N=C\c1cc(Cl)cc(Cl)c1OCc1ccc(Br)cc1.